The minimum atomic E-state index is -3.59. The molecule has 1 aliphatic heterocycles. The molecule has 0 radical (unpaired) electrons. The zero-order valence-corrected chi connectivity index (χ0v) is 15.6. The van der Waals surface area contributed by atoms with Crippen LogP contribution in [0.1, 0.15) is 33.6 Å². The molecule has 8 heteroatoms. The number of hydrogen-bond acceptors (Lipinski definition) is 5. The standard InChI is InChI=1S/C17H26N2O5S/c1-12(2)19-17(20)13(3)24-14-6-8-16(9-7-14)25(21,22)18-11-15-5-4-10-23-15/h6-9,12-13,15,18H,4-5,10-11H2,1-3H3,(H,19,20)/t13-,15-/m0/s1. The van der Waals surface area contributed by atoms with E-state index in [2.05, 4.69) is 10.0 Å². The molecule has 1 saturated heterocycles. The lowest BCUT2D eigenvalue weighted by Crippen LogP contribution is -2.40. The second kappa shape index (κ2) is 8.64. The third-order valence-electron chi connectivity index (χ3n) is 3.77. The summed E-state index contributed by atoms with van der Waals surface area (Å²) in [5, 5.41) is 2.76. The summed E-state index contributed by atoms with van der Waals surface area (Å²) < 4.78 is 38.1. The molecule has 0 bridgehead atoms. The van der Waals surface area contributed by atoms with Gasteiger partial charge in [0.15, 0.2) is 6.10 Å². The van der Waals surface area contributed by atoms with Crippen LogP contribution in [0.15, 0.2) is 29.2 Å². The second-order valence-corrected chi connectivity index (χ2v) is 8.15. The van der Waals surface area contributed by atoms with Gasteiger partial charge in [-0.15, -0.1) is 0 Å². The summed E-state index contributed by atoms with van der Waals surface area (Å²) in [7, 11) is -3.59. The number of rotatable bonds is 8. The Kier molecular flexibility index (Phi) is 6.80. The third-order valence-corrected chi connectivity index (χ3v) is 5.21. The van der Waals surface area contributed by atoms with E-state index in [0.29, 0.717) is 12.4 Å². The smallest absolute Gasteiger partial charge is 0.260 e. The highest BCUT2D eigenvalue weighted by molar-refractivity contribution is 7.89. The fraction of sp³-hybridized carbons (Fsp3) is 0.588. The zero-order valence-electron chi connectivity index (χ0n) is 14.8. The van der Waals surface area contributed by atoms with Crippen molar-refractivity contribution in [3.05, 3.63) is 24.3 Å². The van der Waals surface area contributed by atoms with Crippen molar-refractivity contribution >= 4 is 15.9 Å². The fourth-order valence-corrected chi connectivity index (χ4v) is 3.51. The van der Waals surface area contributed by atoms with Gasteiger partial charge in [-0.25, -0.2) is 13.1 Å². The normalized spacial score (nSPS) is 19.0. The van der Waals surface area contributed by atoms with E-state index in [1.54, 1.807) is 19.1 Å². The molecule has 7 nitrogen and oxygen atoms in total. The number of benzene rings is 1. The Morgan fingerprint density at radius 2 is 1.96 bits per heavy atom. The molecule has 2 rings (SSSR count). The maximum Gasteiger partial charge on any atom is 0.260 e. The molecule has 1 amide bonds. The van der Waals surface area contributed by atoms with Crippen LogP contribution in [-0.2, 0) is 19.6 Å². The molecular formula is C17H26N2O5S. The minimum Gasteiger partial charge on any atom is -0.481 e. The van der Waals surface area contributed by atoms with E-state index in [1.165, 1.54) is 12.1 Å². The van der Waals surface area contributed by atoms with E-state index in [4.69, 9.17) is 9.47 Å². The molecule has 1 aliphatic rings. The van der Waals surface area contributed by atoms with Crippen LogP contribution < -0.4 is 14.8 Å². The van der Waals surface area contributed by atoms with Crippen LogP contribution in [0.25, 0.3) is 0 Å². The summed E-state index contributed by atoms with van der Waals surface area (Å²) >= 11 is 0. The lowest BCUT2D eigenvalue weighted by atomic mass is 10.2. The van der Waals surface area contributed by atoms with E-state index >= 15 is 0 Å². The Morgan fingerprint density at radius 3 is 2.52 bits per heavy atom. The molecule has 0 unspecified atom stereocenters. The molecule has 2 atom stereocenters. The number of sulfonamides is 1. The summed E-state index contributed by atoms with van der Waals surface area (Å²) in [6, 6.07) is 6.03. The van der Waals surface area contributed by atoms with Crippen molar-refractivity contribution in [2.45, 2.75) is 56.8 Å². The predicted molar refractivity (Wildman–Crippen MR) is 94.0 cm³/mol. The quantitative estimate of drug-likeness (QED) is 0.722. The number of nitrogens with one attached hydrogen (secondary N) is 2. The van der Waals surface area contributed by atoms with Gasteiger partial charge < -0.3 is 14.8 Å². The van der Waals surface area contributed by atoms with Crippen LogP contribution in [0.3, 0.4) is 0 Å². The molecule has 1 aromatic carbocycles. The number of ether oxygens (including phenoxy) is 2. The average Bonchev–Trinajstić information content (AvgIpc) is 3.06. The minimum absolute atomic E-state index is 0.0287. The van der Waals surface area contributed by atoms with Gasteiger partial charge in [0.1, 0.15) is 5.75 Å². The summed E-state index contributed by atoms with van der Waals surface area (Å²) in [5.41, 5.74) is 0. The van der Waals surface area contributed by atoms with Gasteiger partial charge in [-0.05, 0) is 57.9 Å². The number of hydrogen-bond donors (Lipinski definition) is 2. The molecule has 0 spiro atoms. The second-order valence-electron chi connectivity index (χ2n) is 6.38. The third kappa shape index (κ3) is 5.98. The maximum absolute atomic E-state index is 12.3. The Labute approximate surface area is 149 Å². The number of carbonyl (C=O) groups is 1. The first-order valence-electron chi connectivity index (χ1n) is 8.46. The van der Waals surface area contributed by atoms with E-state index in [1.807, 2.05) is 13.8 Å². The average molecular weight is 370 g/mol. The van der Waals surface area contributed by atoms with Gasteiger partial charge in [0.2, 0.25) is 10.0 Å². The summed E-state index contributed by atoms with van der Waals surface area (Å²) in [6.45, 7) is 6.33. The lowest BCUT2D eigenvalue weighted by molar-refractivity contribution is -0.127. The Morgan fingerprint density at radius 1 is 1.28 bits per heavy atom. The lowest BCUT2D eigenvalue weighted by Gasteiger charge is -2.16. The molecular weight excluding hydrogens is 344 g/mol. The van der Waals surface area contributed by atoms with Crippen LogP contribution >= 0.6 is 0 Å². The molecule has 1 aromatic rings. The summed E-state index contributed by atoms with van der Waals surface area (Å²) in [4.78, 5) is 12.0. The fourth-order valence-electron chi connectivity index (χ4n) is 2.45. The Hall–Kier alpha value is -1.64. The van der Waals surface area contributed by atoms with Crippen molar-refractivity contribution in [2.75, 3.05) is 13.2 Å². The van der Waals surface area contributed by atoms with Gasteiger partial charge in [-0.2, -0.15) is 0 Å². The van der Waals surface area contributed by atoms with Crippen LogP contribution in [0, 0.1) is 0 Å². The van der Waals surface area contributed by atoms with Crippen molar-refractivity contribution in [2.24, 2.45) is 0 Å². The topological polar surface area (TPSA) is 93.7 Å². The molecule has 0 saturated carbocycles. The van der Waals surface area contributed by atoms with E-state index in [9.17, 15) is 13.2 Å². The van der Waals surface area contributed by atoms with Crippen molar-refractivity contribution < 1.29 is 22.7 Å². The van der Waals surface area contributed by atoms with Crippen molar-refractivity contribution in [1.82, 2.24) is 10.0 Å². The SMILES string of the molecule is CC(C)NC(=O)[C@H](C)Oc1ccc(S(=O)(=O)NC[C@@H]2CCCO2)cc1. The van der Waals surface area contributed by atoms with Crippen LogP contribution in [0.5, 0.6) is 5.75 Å². The van der Waals surface area contributed by atoms with E-state index < -0.39 is 16.1 Å². The van der Waals surface area contributed by atoms with Crippen molar-refractivity contribution in [3.8, 4) is 5.75 Å². The summed E-state index contributed by atoms with van der Waals surface area (Å²) in [5.74, 6) is 0.217. The van der Waals surface area contributed by atoms with Crippen molar-refractivity contribution in [1.29, 1.82) is 0 Å². The van der Waals surface area contributed by atoms with Gasteiger partial charge in [0.05, 0.1) is 11.0 Å². The monoisotopic (exact) mass is 370 g/mol. The molecule has 25 heavy (non-hydrogen) atoms. The van der Waals surface area contributed by atoms with Crippen LogP contribution in [0.2, 0.25) is 0 Å². The van der Waals surface area contributed by atoms with Crippen LogP contribution in [-0.4, -0.2) is 45.7 Å². The van der Waals surface area contributed by atoms with Gasteiger partial charge in [0.25, 0.3) is 5.91 Å². The largest absolute Gasteiger partial charge is 0.481 e. The molecule has 140 valence electrons. The summed E-state index contributed by atoms with van der Waals surface area (Å²) in [6.07, 6.45) is 1.10. The van der Waals surface area contributed by atoms with E-state index in [0.717, 1.165) is 12.8 Å². The first kappa shape index (κ1) is 19.7. The molecule has 1 fully saturated rings. The van der Waals surface area contributed by atoms with Gasteiger partial charge in [-0.3, -0.25) is 4.79 Å². The highest BCUT2D eigenvalue weighted by atomic mass is 32.2. The highest BCUT2D eigenvalue weighted by Crippen LogP contribution is 2.18. The van der Waals surface area contributed by atoms with Gasteiger partial charge >= 0.3 is 0 Å². The van der Waals surface area contributed by atoms with Gasteiger partial charge in [0, 0.05) is 19.2 Å². The van der Waals surface area contributed by atoms with Gasteiger partial charge in [-0.1, -0.05) is 0 Å². The zero-order chi connectivity index (χ0) is 18.4. The Balaban J connectivity index is 1.92. The first-order valence-corrected chi connectivity index (χ1v) is 9.94. The first-order chi connectivity index (χ1) is 11.8. The molecule has 0 aromatic heterocycles. The molecule has 0 aliphatic carbocycles. The molecule has 2 N–H and O–H groups in total. The number of amides is 1. The highest BCUT2D eigenvalue weighted by Gasteiger charge is 2.21. The molecule has 1 heterocycles. The predicted octanol–water partition coefficient (Wildman–Crippen LogP) is 1.44. The Bertz CT molecular complexity index is 667. The van der Waals surface area contributed by atoms with Crippen LogP contribution in [0.4, 0.5) is 0 Å². The van der Waals surface area contributed by atoms with E-state index in [-0.39, 0.29) is 29.5 Å². The maximum atomic E-state index is 12.3. The number of carbonyl (C=O) groups excluding carboxylic acids is 1. The van der Waals surface area contributed by atoms with Crippen molar-refractivity contribution in [3.63, 3.8) is 0 Å².